The Morgan fingerprint density at radius 1 is 1.35 bits per heavy atom. The van der Waals surface area contributed by atoms with E-state index in [4.69, 9.17) is 5.26 Å². The lowest BCUT2D eigenvalue weighted by Gasteiger charge is -2.16. The van der Waals surface area contributed by atoms with Crippen molar-refractivity contribution in [1.82, 2.24) is 4.90 Å². The molecule has 1 fully saturated rings. The minimum absolute atomic E-state index is 0.00480. The normalized spacial score (nSPS) is 13.9. The van der Waals surface area contributed by atoms with Crippen molar-refractivity contribution in [1.29, 1.82) is 5.26 Å². The highest BCUT2D eigenvalue weighted by Gasteiger charge is 2.22. The molecule has 0 aliphatic carbocycles. The van der Waals surface area contributed by atoms with Gasteiger partial charge in [0.1, 0.15) is 12.2 Å². The second-order valence-electron chi connectivity index (χ2n) is 4.58. The van der Waals surface area contributed by atoms with Gasteiger partial charge in [-0.25, -0.2) is 4.39 Å². The highest BCUT2D eigenvalue weighted by molar-refractivity contribution is 5.96. The Bertz CT molecular complexity index is 574. The molecule has 1 N–H and O–H groups in total. The lowest BCUT2D eigenvalue weighted by molar-refractivity contribution is -0.115. The van der Waals surface area contributed by atoms with Crippen molar-refractivity contribution >= 4 is 17.5 Å². The zero-order valence-corrected chi connectivity index (χ0v) is 10.9. The Kier molecular flexibility index (Phi) is 4.31. The van der Waals surface area contributed by atoms with E-state index in [0.717, 1.165) is 18.9 Å². The van der Waals surface area contributed by atoms with E-state index in [2.05, 4.69) is 5.32 Å². The van der Waals surface area contributed by atoms with Crippen LogP contribution in [0, 0.1) is 17.1 Å². The van der Waals surface area contributed by atoms with E-state index >= 15 is 0 Å². The highest BCUT2D eigenvalue weighted by Crippen LogP contribution is 2.19. The molecule has 0 saturated carbocycles. The van der Waals surface area contributed by atoms with Gasteiger partial charge in [-0.3, -0.25) is 9.59 Å². The van der Waals surface area contributed by atoms with Crippen LogP contribution in [0.4, 0.5) is 10.1 Å². The van der Waals surface area contributed by atoms with Gasteiger partial charge in [-0.1, -0.05) is 0 Å². The molecule has 20 heavy (non-hydrogen) atoms. The maximum atomic E-state index is 13.9. The largest absolute Gasteiger partial charge is 0.339 e. The van der Waals surface area contributed by atoms with Crippen LogP contribution in [0.15, 0.2) is 18.2 Å². The van der Waals surface area contributed by atoms with Crippen molar-refractivity contribution in [3.63, 3.8) is 0 Å². The van der Waals surface area contributed by atoms with E-state index in [1.807, 2.05) is 0 Å². The van der Waals surface area contributed by atoms with Crippen LogP contribution in [0.2, 0.25) is 0 Å². The molecule has 1 saturated heterocycles. The molecule has 6 heteroatoms. The molecule has 2 amide bonds. The first-order valence-electron chi connectivity index (χ1n) is 6.37. The molecule has 1 aromatic carbocycles. The van der Waals surface area contributed by atoms with Crippen LogP contribution in [0.25, 0.3) is 0 Å². The van der Waals surface area contributed by atoms with Gasteiger partial charge in [0.25, 0.3) is 5.91 Å². The van der Waals surface area contributed by atoms with E-state index in [-0.39, 0.29) is 23.6 Å². The summed E-state index contributed by atoms with van der Waals surface area (Å²) < 4.78 is 13.9. The summed E-state index contributed by atoms with van der Waals surface area (Å²) in [6.07, 6.45) is 1.58. The van der Waals surface area contributed by atoms with Crippen LogP contribution >= 0.6 is 0 Å². The van der Waals surface area contributed by atoms with Crippen molar-refractivity contribution in [2.45, 2.75) is 19.3 Å². The van der Waals surface area contributed by atoms with Gasteiger partial charge in [-0.05, 0) is 31.0 Å². The molecule has 0 spiro atoms. The minimum Gasteiger partial charge on any atom is -0.339 e. The summed E-state index contributed by atoms with van der Waals surface area (Å²) in [7, 11) is 0. The second kappa shape index (κ2) is 6.15. The Morgan fingerprint density at radius 3 is 2.65 bits per heavy atom. The first-order chi connectivity index (χ1) is 9.61. The van der Waals surface area contributed by atoms with Crippen molar-refractivity contribution in [3.8, 4) is 6.07 Å². The van der Waals surface area contributed by atoms with Gasteiger partial charge in [-0.15, -0.1) is 0 Å². The van der Waals surface area contributed by atoms with Crippen LogP contribution in [-0.2, 0) is 4.79 Å². The SMILES string of the molecule is N#CCC(=O)Nc1ccc(C(=O)N2CCCC2)c(F)c1. The number of nitrogens with zero attached hydrogens (tertiary/aromatic N) is 2. The number of rotatable bonds is 3. The fourth-order valence-corrected chi connectivity index (χ4v) is 2.13. The Labute approximate surface area is 116 Å². The Morgan fingerprint density at radius 2 is 2.05 bits per heavy atom. The third-order valence-corrected chi connectivity index (χ3v) is 3.12. The van der Waals surface area contributed by atoms with Crippen LogP contribution in [0.1, 0.15) is 29.6 Å². The number of halogens is 1. The molecule has 1 aliphatic rings. The van der Waals surface area contributed by atoms with E-state index in [0.29, 0.717) is 13.1 Å². The minimum atomic E-state index is -0.670. The number of hydrogen-bond acceptors (Lipinski definition) is 3. The van der Waals surface area contributed by atoms with Crippen molar-refractivity contribution in [3.05, 3.63) is 29.6 Å². The fraction of sp³-hybridized carbons (Fsp3) is 0.357. The average molecular weight is 275 g/mol. The van der Waals surface area contributed by atoms with E-state index in [1.54, 1.807) is 11.0 Å². The quantitative estimate of drug-likeness (QED) is 0.915. The number of benzene rings is 1. The molecule has 2 rings (SSSR count). The van der Waals surface area contributed by atoms with Crippen LogP contribution < -0.4 is 5.32 Å². The number of carbonyl (C=O) groups is 2. The number of anilines is 1. The smallest absolute Gasteiger partial charge is 0.256 e. The van der Waals surface area contributed by atoms with Gasteiger partial charge < -0.3 is 10.2 Å². The fourth-order valence-electron chi connectivity index (χ4n) is 2.13. The predicted molar refractivity (Wildman–Crippen MR) is 70.4 cm³/mol. The third-order valence-electron chi connectivity index (χ3n) is 3.12. The molecule has 0 atom stereocenters. The highest BCUT2D eigenvalue weighted by atomic mass is 19.1. The first kappa shape index (κ1) is 14.0. The van der Waals surface area contributed by atoms with Crippen molar-refractivity contribution in [2.75, 3.05) is 18.4 Å². The predicted octanol–water partition coefficient (Wildman–Crippen LogP) is 1.91. The summed E-state index contributed by atoms with van der Waals surface area (Å²) in [6.45, 7) is 1.30. The molecule has 0 bridgehead atoms. The van der Waals surface area contributed by atoms with Crippen LogP contribution in [-0.4, -0.2) is 29.8 Å². The number of nitriles is 1. The summed E-state index contributed by atoms with van der Waals surface area (Å²) in [5.41, 5.74) is 0.242. The number of amides is 2. The standard InChI is InChI=1S/C14H14FN3O2/c15-12-9-10(17-13(19)5-6-16)3-4-11(12)14(20)18-7-1-2-8-18/h3-4,9H,1-2,5,7-8H2,(H,17,19). The number of nitrogens with one attached hydrogen (secondary N) is 1. The van der Waals surface area contributed by atoms with E-state index in [1.165, 1.54) is 12.1 Å². The third kappa shape index (κ3) is 3.12. The molecule has 1 heterocycles. The second-order valence-corrected chi connectivity index (χ2v) is 4.58. The topological polar surface area (TPSA) is 73.2 Å². The van der Waals surface area contributed by atoms with Gasteiger partial charge in [0.15, 0.2) is 0 Å². The lowest BCUT2D eigenvalue weighted by atomic mass is 10.1. The molecule has 0 radical (unpaired) electrons. The monoisotopic (exact) mass is 275 g/mol. The lowest BCUT2D eigenvalue weighted by Crippen LogP contribution is -2.28. The molecule has 104 valence electrons. The number of hydrogen-bond donors (Lipinski definition) is 1. The molecular formula is C14H14FN3O2. The molecule has 5 nitrogen and oxygen atoms in total. The van der Waals surface area contributed by atoms with Crippen molar-refractivity contribution < 1.29 is 14.0 Å². The zero-order chi connectivity index (χ0) is 14.5. The Balaban J connectivity index is 2.11. The molecular weight excluding hydrogens is 261 g/mol. The van der Waals surface area contributed by atoms with E-state index in [9.17, 15) is 14.0 Å². The van der Waals surface area contributed by atoms with Crippen LogP contribution in [0.5, 0.6) is 0 Å². The summed E-state index contributed by atoms with van der Waals surface area (Å²) in [5.74, 6) is -1.50. The number of likely N-dealkylation sites (tertiary alicyclic amines) is 1. The van der Waals surface area contributed by atoms with Gasteiger partial charge in [0, 0.05) is 18.8 Å². The maximum absolute atomic E-state index is 13.9. The maximum Gasteiger partial charge on any atom is 0.256 e. The van der Waals surface area contributed by atoms with E-state index < -0.39 is 11.7 Å². The first-order valence-corrected chi connectivity index (χ1v) is 6.37. The molecule has 0 aromatic heterocycles. The number of carbonyl (C=O) groups excluding carboxylic acids is 2. The van der Waals surface area contributed by atoms with Crippen LogP contribution in [0.3, 0.4) is 0 Å². The van der Waals surface area contributed by atoms with Gasteiger partial charge in [0.05, 0.1) is 11.6 Å². The van der Waals surface area contributed by atoms with Gasteiger partial charge in [0.2, 0.25) is 5.91 Å². The molecule has 1 aliphatic heterocycles. The average Bonchev–Trinajstić information content (AvgIpc) is 2.92. The zero-order valence-electron chi connectivity index (χ0n) is 10.9. The van der Waals surface area contributed by atoms with Gasteiger partial charge >= 0.3 is 0 Å². The van der Waals surface area contributed by atoms with Gasteiger partial charge in [-0.2, -0.15) is 5.26 Å². The summed E-state index contributed by atoms with van der Waals surface area (Å²) in [5, 5.41) is 10.8. The Hall–Kier alpha value is -2.42. The van der Waals surface area contributed by atoms with Crippen molar-refractivity contribution in [2.24, 2.45) is 0 Å². The summed E-state index contributed by atoms with van der Waals surface area (Å²) in [4.78, 5) is 24.9. The molecule has 0 unspecified atom stereocenters. The molecule has 1 aromatic rings. The summed E-state index contributed by atoms with van der Waals surface area (Å²) in [6, 6.07) is 5.62. The summed E-state index contributed by atoms with van der Waals surface area (Å²) >= 11 is 0.